The maximum Gasteiger partial charge on any atom is 0.132 e. The van der Waals surface area contributed by atoms with E-state index in [4.69, 9.17) is 16.3 Å². The molecular weight excluding hydrogens is 337 g/mol. The Balaban J connectivity index is 2.31. The molecule has 0 aliphatic carbocycles. The first kappa shape index (κ1) is 17.4. The molecule has 1 aromatic heterocycles. The van der Waals surface area contributed by atoms with Crippen molar-refractivity contribution in [1.82, 2.24) is 4.98 Å². The number of rotatable bonds is 4. The summed E-state index contributed by atoms with van der Waals surface area (Å²) in [5, 5.41) is 1.22. The number of ether oxygens (including phenoxy) is 1. The lowest BCUT2D eigenvalue weighted by molar-refractivity contribution is 0.297. The van der Waals surface area contributed by atoms with E-state index in [-0.39, 0.29) is 5.82 Å². The maximum absolute atomic E-state index is 14.5. The molecular formula is C21H19ClFNO. The van der Waals surface area contributed by atoms with Crippen LogP contribution in [0.15, 0.2) is 48.5 Å². The maximum atomic E-state index is 14.5. The number of halogens is 2. The highest BCUT2D eigenvalue weighted by Crippen LogP contribution is 2.36. The van der Waals surface area contributed by atoms with Crippen molar-refractivity contribution in [2.75, 3.05) is 6.61 Å². The molecule has 25 heavy (non-hydrogen) atoms. The lowest BCUT2D eigenvalue weighted by Crippen LogP contribution is -1.95. The van der Waals surface area contributed by atoms with E-state index in [0.29, 0.717) is 17.2 Å². The number of aromatic nitrogens is 1. The van der Waals surface area contributed by atoms with Crippen LogP contribution in [0.3, 0.4) is 0 Å². The number of fused-ring (bicyclic) bond motifs is 1. The van der Waals surface area contributed by atoms with Crippen LogP contribution in [-0.4, -0.2) is 11.6 Å². The van der Waals surface area contributed by atoms with Gasteiger partial charge in [-0.2, -0.15) is 0 Å². The molecule has 128 valence electrons. The average Bonchev–Trinajstić information content (AvgIpc) is 2.59. The molecule has 0 N–H and O–H groups in total. The summed E-state index contributed by atoms with van der Waals surface area (Å²) in [7, 11) is 0. The molecule has 0 fully saturated rings. The normalized spacial score (nSPS) is 11.8. The van der Waals surface area contributed by atoms with Crippen LogP contribution < -0.4 is 0 Å². The summed E-state index contributed by atoms with van der Waals surface area (Å²) in [5.41, 5.74) is 3.67. The van der Waals surface area contributed by atoms with Crippen LogP contribution in [0, 0.1) is 12.7 Å². The Kier molecular flexibility index (Phi) is 5.05. The van der Waals surface area contributed by atoms with E-state index in [0.717, 1.165) is 33.5 Å². The molecule has 0 amide bonds. The highest BCUT2D eigenvalue weighted by molar-refractivity contribution is 6.33. The van der Waals surface area contributed by atoms with E-state index >= 15 is 0 Å². The molecule has 3 rings (SSSR count). The zero-order chi connectivity index (χ0) is 18.0. The van der Waals surface area contributed by atoms with Gasteiger partial charge in [-0.15, -0.1) is 0 Å². The number of hydrogen-bond acceptors (Lipinski definition) is 2. The molecule has 3 aromatic rings. The summed E-state index contributed by atoms with van der Waals surface area (Å²) in [6.07, 6.45) is 1.92. The zero-order valence-electron chi connectivity index (χ0n) is 14.4. The highest BCUT2D eigenvalue weighted by Gasteiger charge is 2.15. The van der Waals surface area contributed by atoms with Crippen molar-refractivity contribution in [3.63, 3.8) is 0 Å². The van der Waals surface area contributed by atoms with Gasteiger partial charge in [0.25, 0.3) is 0 Å². The predicted octanol–water partition coefficient (Wildman–Crippen LogP) is 6.40. The molecule has 0 spiro atoms. The van der Waals surface area contributed by atoms with Gasteiger partial charge in [-0.25, -0.2) is 4.39 Å². The van der Waals surface area contributed by atoms with Crippen molar-refractivity contribution in [1.29, 1.82) is 0 Å². The van der Waals surface area contributed by atoms with Crippen molar-refractivity contribution >= 4 is 28.3 Å². The smallest absolute Gasteiger partial charge is 0.132 e. The Morgan fingerprint density at radius 1 is 1.24 bits per heavy atom. The Bertz CT molecular complexity index is 945. The molecule has 1 heterocycles. The molecule has 0 atom stereocenters. The molecule has 0 aliphatic rings. The average molecular weight is 356 g/mol. The number of aryl methyl sites for hydroxylation is 1. The fourth-order valence-corrected chi connectivity index (χ4v) is 3.23. The molecule has 2 aromatic carbocycles. The molecule has 0 aliphatic heterocycles. The third kappa shape index (κ3) is 3.38. The van der Waals surface area contributed by atoms with Crippen LogP contribution in [0.25, 0.3) is 27.8 Å². The molecule has 4 heteroatoms. The van der Waals surface area contributed by atoms with Gasteiger partial charge in [-0.05, 0) is 68.8 Å². The van der Waals surface area contributed by atoms with Crippen molar-refractivity contribution in [2.24, 2.45) is 0 Å². The fraction of sp³-hybridized carbons (Fsp3) is 0.190. The van der Waals surface area contributed by atoms with Gasteiger partial charge in [0.05, 0.1) is 17.1 Å². The van der Waals surface area contributed by atoms with E-state index in [9.17, 15) is 4.39 Å². The minimum absolute atomic E-state index is 0.346. The molecule has 0 bridgehead atoms. The third-order valence-corrected chi connectivity index (χ3v) is 4.33. The Hall–Kier alpha value is -2.39. The number of allylic oxidation sites excluding steroid dienone is 1. The summed E-state index contributed by atoms with van der Waals surface area (Å²) < 4.78 is 20.2. The van der Waals surface area contributed by atoms with Crippen LogP contribution in [0.2, 0.25) is 5.02 Å². The van der Waals surface area contributed by atoms with Gasteiger partial charge in [0, 0.05) is 22.2 Å². The Labute approximate surface area is 151 Å². The number of pyridine rings is 1. The van der Waals surface area contributed by atoms with E-state index in [2.05, 4.69) is 4.98 Å². The zero-order valence-corrected chi connectivity index (χ0v) is 15.2. The summed E-state index contributed by atoms with van der Waals surface area (Å²) in [6, 6.07) is 12.5. The number of nitrogens with zero attached hydrogens (tertiary/aromatic N) is 1. The van der Waals surface area contributed by atoms with Crippen molar-refractivity contribution in [3.05, 3.63) is 70.6 Å². The Morgan fingerprint density at radius 2 is 2.04 bits per heavy atom. The minimum atomic E-state index is -0.346. The van der Waals surface area contributed by atoms with E-state index in [1.807, 2.05) is 51.1 Å². The molecule has 0 radical (unpaired) electrons. The van der Waals surface area contributed by atoms with E-state index in [1.165, 1.54) is 6.07 Å². The van der Waals surface area contributed by atoms with Crippen LogP contribution in [0.1, 0.15) is 25.1 Å². The third-order valence-electron chi connectivity index (χ3n) is 4.02. The monoisotopic (exact) mass is 355 g/mol. The fourth-order valence-electron chi connectivity index (χ4n) is 2.96. The molecule has 0 unspecified atom stereocenters. The van der Waals surface area contributed by atoms with Crippen molar-refractivity contribution in [2.45, 2.75) is 20.8 Å². The molecule has 2 nitrogen and oxygen atoms in total. The van der Waals surface area contributed by atoms with Gasteiger partial charge in [-0.1, -0.05) is 17.7 Å². The Morgan fingerprint density at radius 3 is 2.72 bits per heavy atom. The number of hydrogen-bond donors (Lipinski definition) is 0. The predicted molar refractivity (Wildman–Crippen MR) is 102 cm³/mol. The van der Waals surface area contributed by atoms with Crippen molar-refractivity contribution < 1.29 is 9.13 Å². The quantitative estimate of drug-likeness (QED) is 0.505. The molecule has 0 saturated heterocycles. The van der Waals surface area contributed by atoms with E-state index in [1.54, 1.807) is 12.1 Å². The van der Waals surface area contributed by atoms with E-state index < -0.39 is 0 Å². The van der Waals surface area contributed by atoms with Gasteiger partial charge in [-0.3, -0.25) is 4.98 Å². The summed E-state index contributed by atoms with van der Waals surface area (Å²) in [6.45, 7) is 6.34. The van der Waals surface area contributed by atoms with Crippen LogP contribution >= 0.6 is 11.6 Å². The van der Waals surface area contributed by atoms with Crippen LogP contribution in [0.4, 0.5) is 4.39 Å². The van der Waals surface area contributed by atoms with Gasteiger partial charge in [0.1, 0.15) is 11.6 Å². The summed E-state index contributed by atoms with van der Waals surface area (Å²) in [5.74, 6) is 0.441. The summed E-state index contributed by atoms with van der Waals surface area (Å²) >= 11 is 6.30. The van der Waals surface area contributed by atoms with Crippen LogP contribution in [-0.2, 0) is 4.74 Å². The first-order chi connectivity index (χ1) is 12.0. The second-order valence-corrected chi connectivity index (χ2v) is 6.13. The van der Waals surface area contributed by atoms with Gasteiger partial charge < -0.3 is 4.74 Å². The number of benzene rings is 2. The summed E-state index contributed by atoms with van der Waals surface area (Å²) in [4.78, 5) is 4.57. The highest BCUT2D eigenvalue weighted by atomic mass is 35.5. The second-order valence-electron chi connectivity index (χ2n) is 5.73. The topological polar surface area (TPSA) is 22.1 Å². The first-order valence-electron chi connectivity index (χ1n) is 8.20. The lowest BCUT2D eigenvalue weighted by atomic mass is 9.97. The standard InChI is InChI=1S/C21H19ClFNO/c1-4-20(25-5-2)14-9-10-19-15(12-14)16(11-13(3)24-19)21-17(22)7-6-8-18(21)23/h4,6-12H,5H2,1-3H3. The first-order valence-corrected chi connectivity index (χ1v) is 8.58. The molecule has 0 saturated carbocycles. The second kappa shape index (κ2) is 7.24. The van der Waals surface area contributed by atoms with Gasteiger partial charge >= 0.3 is 0 Å². The lowest BCUT2D eigenvalue weighted by Gasteiger charge is -2.13. The SMILES string of the molecule is CC=C(OCC)c1ccc2nc(C)cc(-c3c(F)cccc3Cl)c2c1. The largest absolute Gasteiger partial charge is 0.494 e. The van der Waals surface area contributed by atoms with Crippen LogP contribution in [0.5, 0.6) is 0 Å². The van der Waals surface area contributed by atoms with Gasteiger partial charge in [0.15, 0.2) is 0 Å². The minimum Gasteiger partial charge on any atom is -0.494 e. The van der Waals surface area contributed by atoms with Gasteiger partial charge in [0.2, 0.25) is 0 Å². The van der Waals surface area contributed by atoms with Crippen molar-refractivity contribution in [3.8, 4) is 11.1 Å².